The normalized spacial score (nSPS) is 30.2. The maximum absolute atomic E-state index is 15.0. The molecule has 2 fully saturated rings. The van der Waals surface area contributed by atoms with Crippen LogP contribution in [0.1, 0.15) is 48.5 Å². The zero-order chi connectivity index (χ0) is 33.3. The lowest BCUT2D eigenvalue weighted by molar-refractivity contribution is -0.159. The van der Waals surface area contributed by atoms with E-state index < -0.39 is 41.7 Å². The first kappa shape index (κ1) is 33.1. The highest BCUT2D eigenvalue weighted by Gasteiger charge is 2.75. The summed E-state index contributed by atoms with van der Waals surface area (Å²) in [4.78, 5) is 59.7. The lowest BCUT2D eigenvalue weighted by Crippen LogP contribution is -2.56. The molecule has 47 heavy (non-hydrogen) atoms. The number of unbranched alkanes of at least 4 members (excludes halogenated alkanes) is 1. The van der Waals surface area contributed by atoms with Crippen LogP contribution in [0.2, 0.25) is 0 Å². The van der Waals surface area contributed by atoms with Crippen LogP contribution in [0, 0.1) is 25.7 Å². The zero-order valence-corrected chi connectivity index (χ0v) is 28.1. The van der Waals surface area contributed by atoms with Gasteiger partial charge in [0.05, 0.1) is 12.5 Å². The predicted molar refractivity (Wildman–Crippen MR) is 178 cm³/mol. The number of amides is 3. The number of aliphatic hydroxyl groups excluding tert-OH is 1. The largest absolute Gasteiger partial charge is 0.455 e. The third-order valence-electron chi connectivity index (χ3n) is 9.57. The number of aryl methyl sites for hydroxylation is 2. The zero-order valence-electron chi connectivity index (χ0n) is 26.6. The number of aliphatic hydroxyl groups is 1. The van der Waals surface area contributed by atoms with Crippen LogP contribution < -0.4 is 10.2 Å². The van der Waals surface area contributed by atoms with Crippen LogP contribution in [0.25, 0.3) is 0 Å². The van der Waals surface area contributed by atoms with Crippen molar-refractivity contribution in [1.29, 1.82) is 0 Å². The molecule has 10 nitrogen and oxygen atoms in total. The van der Waals surface area contributed by atoms with Gasteiger partial charge in [-0.15, -0.1) is 0 Å². The molecule has 4 aliphatic rings. The van der Waals surface area contributed by atoms with Crippen molar-refractivity contribution in [3.8, 4) is 0 Å². The Hall–Kier alpha value is -3.80. The van der Waals surface area contributed by atoms with Crippen molar-refractivity contribution in [2.24, 2.45) is 11.8 Å². The number of esters is 1. The van der Waals surface area contributed by atoms with E-state index in [-0.39, 0.29) is 50.4 Å². The van der Waals surface area contributed by atoms with E-state index in [1.54, 1.807) is 15.9 Å². The number of carbonyl (C=O) groups excluding carboxylic acids is 4. The summed E-state index contributed by atoms with van der Waals surface area (Å²) >= 11 is 3.60. The lowest BCUT2D eigenvalue weighted by Gasteiger charge is -2.36. The summed E-state index contributed by atoms with van der Waals surface area (Å²) in [5.74, 6) is -3.54. The third-order valence-corrected chi connectivity index (χ3v) is 10.2. The van der Waals surface area contributed by atoms with E-state index in [9.17, 15) is 24.3 Å². The van der Waals surface area contributed by atoms with E-state index in [0.29, 0.717) is 35.0 Å². The number of carbonyl (C=O) groups is 4. The van der Waals surface area contributed by atoms with Gasteiger partial charge in [-0.3, -0.25) is 19.2 Å². The van der Waals surface area contributed by atoms with Gasteiger partial charge in [0.25, 0.3) is 5.91 Å². The maximum Gasteiger partial charge on any atom is 0.313 e. The number of benzene rings is 2. The molecule has 6 rings (SSSR count). The Labute approximate surface area is 282 Å². The number of likely N-dealkylation sites (tertiary alicyclic amines) is 1. The summed E-state index contributed by atoms with van der Waals surface area (Å²) in [5, 5.41) is 12.4. The Morgan fingerprint density at radius 1 is 1.02 bits per heavy atom. The van der Waals surface area contributed by atoms with E-state index in [0.717, 1.165) is 11.1 Å². The number of ether oxygens (including phenoxy) is 2. The highest BCUT2D eigenvalue weighted by atomic mass is 79.9. The molecule has 0 saturated carbocycles. The van der Waals surface area contributed by atoms with Gasteiger partial charge in [-0.2, -0.15) is 0 Å². The smallest absolute Gasteiger partial charge is 0.313 e. The molecule has 1 spiro atoms. The predicted octanol–water partition coefficient (Wildman–Crippen LogP) is 4.03. The molecule has 11 heteroatoms. The third kappa shape index (κ3) is 6.16. The number of fused-ring (bicyclic) bond motifs is 2. The summed E-state index contributed by atoms with van der Waals surface area (Å²) in [5.41, 5.74) is 1.85. The maximum atomic E-state index is 15.0. The molecule has 2 aromatic carbocycles. The molecule has 6 atom stereocenters. The summed E-state index contributed by atoms with van der Waals surface area (Å²) < 4.78 is 13.3. The Kier molecular flexibility index (Phi) is 9.68. The Morgan fingerprint density at radius 3 is 2.57 bits per heavy atom. The first-order valence-corrected chi connectivity index (χ1v) is 17.0. The molecular weight excluding hydrogens is 666 g/mol. The van der Waals surface area contributed by atoms with Crippen molar-refractivity contribution < 1.29 is 33.8 Å². The number of hydrogen-bond donors (Lipinski definition) is 2. The minimum Gasteiger partial charge on any atom is -0.455 e. The standard InChI is InChI=1S/C36H40BrN3O7/c1-22-14-15-23(2)26(19-22)39-16-8-4-7-13-28(42)38-21-27(24-11-5-3-6-12-24)46-35(45)29-30-33(43)40(17-9-10-18-41)32(34(39)44)36(30)20-25(37)31(29)47-36/h3-6,8,11-12,14-15,19-20,27,29-32,41H,7,9-10,13,16-18,21H2,1-2H3,(H,38,42)/b8-4-/t27-,29-,30+,31-,32-,36+/m1/s1. The highest BCUT2D eigenvalue weighted by Crippen LogP contribution is 2.59. The minimum atomic E-state index is -1.41. The summed E-state index contributed by atoms with van der Waals surface area (Å²) in [6, 6.07) is 14.0. The SMILES string of the molecule is Cc1ccc(C)c(N2C/C=C\CCC(=O)NC[C@H](c3ccccc3)OC(=O)[C@H]3[C@@H]4O[C@@]5(C=C4Br)[C@@H]3C(=O)N(CCCCO)[C@@H]5C2=O)c1. The molecule has 0 aromatic heterocycles. The monoisotopic (exact) mass is 705 g/mol. The minimum absolute atomic E-state index is 0.0506. The summed E-state index contributed by atoms with van der Waals surface area (Å²) in [6.07, 6.45) is 5.51. The van der Waals surface area contributed by atoms with Gasteiger partial charge in [-0.25, -0.2) is 0 Å². The van der Waals surface area contributed by atoms with Crippen molar-refractivity contribution in [1.82, 2.24) is 10.2 Å². The molecule has 0 aliphatic carbocycles. The van der Waals surface area contributed by atoms with Gasteiger partial charge in [-0.1, -0.05) is 70.5 Å². The van der Waals surface area contributed by atoms with Crippen LogP contribution in [0.5, 0.6) is 0 Å². The second kappa shape index (κ2) is 13.7. The van der Waals surface area contributed by atoms with Crippen molar-refractivity contribution in [3.63, 3.8) is 0 Å². The van der Waals surface area contributed by atoms with Crippen LogP contribution in [-0.2, 0) is 28.7 Å². The molecule has 4 aliphatic heterocycles. The fraction of sp³-hybridized carbons (Fsp3) is 0.444. The van der Waals surface area contributed by atoms with Gasteiger partial charge >= 0.3 is 5.97 Å². The van der Waals surface area contributed by atoms with E-state index in [2.05, 4.69) is 21.2 Å². The fourth-order valence-electron chi connectivity index (χ4n) is 7.29. The molecule has 2 saturated heterocycles. The number of rotatable bonds is 6. The van der Waals surface area contributed by atoms with E-state index in [4.69, 9.17) is 9.47 Å². The van der Waals surface area contributed by atoms with Crippen molar-refractivity contribution >= 4 is 45.3 Å². The number of cyclic esters (lactones) is 1. The second-order valence-electron chi connectivity index (χ2n) is 12.7. The van der Waals surface area contributed by atoms with Gasteiger partial charge in [0.15, 0.2) is 0 Å². The van der Waals surface area contributed by atoms with Crippen molar-refractivity contribution in [3.05, 3.63) is 87.9 Å². The van der Waals surface area contributed by atoms with Gasteiger partial charge in [0, 0.05) is 36.3 Å². The molecule has 2 aromatic rings. The molecule has 5 bridgehead atoms. The Balaban J connectivity index is 1.46. The number of anilines is 1. The number of allylic oxidation sites excluding steroid dienone is 1. The number of hydrogen-bond acceptors (Lipinski definition) is 7. The number of nitrogens with zero attached hydrogens (tertiary/aromatic N) is 2. The van der Waals surface area contributed by atoms with Gasteiger partial charge < -0.3 is 29.7 Å². The van der Waals surface area contributed by atoms with Crippen LogP contribution in [0.4, 0.5) is 5.69 Å². The van der Waals surface area contributed by atoms with Crippen molar-refractivity contribution in [2.75, 3.05) is 31.1 Å². The second-order valence-corrected chi connectivity index (χ2v) is 13.6. The van der Waals surface area contributed by atoms with E-state index in [1.807, 2.05) is 74.5 Å². The molecule has 3 amide bonds. The highest BCUT2D eigenvalue weighted by molar-refractivity contribution is 9.11. The first-order valence-electron chi connectivity index (χ1n) is 16.2. The number of nitrogens with one attached hydrogen (secondary N) is 1. The molecule has 4 heterocycles. The first-order chi connectivity index (χ1) is 22.7. The van der Waals surface area contributed by atoms with E-state index in [1.165, 1.54) is 0 Å². The quantitative estimate of drug-likeness (QED) is 0.264. The van der Waals surface area contributed by atoms with Gasteiger partial charge in [0.1, 0.15) is 29.8 Å². The van der Waals surface area contributed by atoms with Crippen LogP contribution >= 0.6 is 15.9 Å². The number of halogens is 1. The van der Waals surface area contributed by atoms with Gasteiger partial charge in [0.2, 0.25) is 11.8 Å². The van der Waals surface area contributed by atoms with Crippen molar-refractivity contribution in [2.45, 2.75) is 63.4 Å². The Bertz CT molecular complexity index is 1610. The van der Waals surface area contributed by atoms with Gasteiger partial charge in [-0.05, 0) is 61.9 Å². The molecule has 0 unspecified atom stereocenters. The summed E-state index contributed by atoms with van der Waals surface area (Å²) in [7, 11) is 0. The molecule has 248 valence electrons. The lowest BCUT2D eigenvalue weighted by atomic mass is 9.74. The molecule has 0 radical (unpaired) electrons. The average Bonchev–Trinajstić information content (AvgIpc) is 3.65. The molecular formula is C36H40BrN3O7. The van der Waals surface area contributed by atoms with E-state index >= 15 is 0 Å². The summed E-state index contributed by atoms with van der Waals surface area (Å²) in [6.45, 7) is 4.32. The topological polar surface area (TPSA) is 125 Å². The Morgan fingerprint density at radius 2 is 1.81 bits per heavy atom. The molecule has 2 N–H and O–H groups in total. The van der Waals surface area contributed by atoms with Crippen LogP contribution in [0.15, 0.2) is 71.2 Å². The van der Waals surface area contributed by atoms with Crippen LogP contribution in [-0.4, -0.2) is 77.7 Å². The average molecular weight is 707 g/mol. The fourth-order valence-corrected chi connectivity index (χ4v) is 8.02. The van der Waals surface area contributed by atoms with Crippen LogP contribution in [0.3, 0.4) is 0 Å².